The standard InChI is InChI=1S/C13H19NO/c1-13(8-5-9-15-13)11-14-10-12-6-3-2-4-7-12/h2-4,6-7,14H,5,8-11H2,1H3. The third-order valence-electron chi connectivity index (χ3n) is 2.97. The first-order valence-electron chi connectivity index (χ1n) is 5.67. The first-order valence-corrected chi connectivity index (χ1v) is 5.67. The zero-order chi connectivity index (χ0) is 10.6. The SMILES string of the molecule is CC1(CNCc2ccccc2)CCCO1. The topological polar surface area (TPSA) is 21.3 Å². The molecule has 0 radical (unpaired) electrons. The van der Waals surface area contributed by atoms with Gasteiger partial charge in [-0.15, -0.1) is 0 Å². The van der Waals surface area contributed by atoms with Crippen molar-refractivity contribution in [2.75, 3.05) is 13.2 Å². The van der Waals surface area contributed by atoms with E-state index in [-0.39, 0.29) is 5.60 Å². The highest BCUT2D eigenvalue weighted by Gasteiger charge is 2.28. The zero-order valence-electron chi connectivity index (χ0n) is 9.33. The lowest BCUT2D eigenvalue weighted by atomic mass is 10.0. The van der Waals surface area contributed by atoms with Crippen LogP contribution in [0, 0.1) is 0 Å². The fraction of sp³-hybridized carbons (Fsp3) is 0.538. The number of rotatable bonds is 4. The molecule has 0 aliphatic carbocycles. The van der Waals surface area contributed by atoms with Gasteiger partial charge < -0.3 is 10.1 Å². The summed E-state index contributed by atoms with van der Waals surface area (Å²) in [6, 6.07) is 10.5. The van der Waals surface area contributed by atoms with Crippen molar-refractivity contribution in [2.24, 2.45) is 0 Å². The molecule has 1 saturated heterocycles. The minimum atomic E-state index is 0.0643. The van der Waals surface area contributed by atoms with Gasteiger partial charge >= 0.3 is 0 Å². The van der Waals surface area contributed by atoms with Crippen molar-refractivity contribution in [1.29, 1.82) is 0 Å². The number of ether oxygens (including phenoxy) is 1. The molecular formula is C13H19NO. The minimum Gasteiger partial charge on any atom is -0.374 e. The lowest BCUT2D eigenvalue weighted by Crippen LogP contribution is -2.36. The summed E-state index contributed by atoms with van der Waals surface area (Å²) in [6.07, 6.45) is 2.37. The summed E-state index contributed by atoms with van der Waals surface area (Å²) in [5.74, 6) is 0. The molecule has 1 N–H and O–H groups in total. The van der Waals surface area contributed by atoms with Crippen LogP contribution in [0.2, 0.25) is 0 Å². The Balaban J connectivity index is 1.75. The van der Waals surface area contributed by atoms with E-state index in [0.29, 0.717) is 0 Å². The molecule has 0 aromatic heterocycles. The van der Waals surface area contributed by atoms with Crippen molar-refractivity contribution >= 4 is 0 Å². The molecule has 2 rings (SSSR count). The van der Waals surface area contributed by atoms with Crippen LogP contribution < -0.4 is 5.32 Å². The summed E-state index contributed by atoms with van der Waals surface area (Å²) in [6.45, 7) is 4.99. The molecule has 2 nitrogen and oxygen atoms in total. The summed E-state index contributed by atoms with van der Waals surface area (Å²) in [7, 11) is 0. The first kappa shape index (κ1) is 10.7. The van der Waals surface area contributed by atoms with Crippen molar-refractivity contribution in [2.45, 2.75) is 31.9 Å². The van der Waals surface area contributed by atoms with Crippen LogP contribution in [0.1, 0.15) is 25.3 Å². The van der Waals surface area contributed by atoms with Crippen LogP contribution in [-0.2, 0) is 11.3 Å². The third-order valence-corrected chi connectivity index (χ3v) is 2.97. The summed E-state index contributed by atoms with van der Waals surface area (Å²) in [4.78, 5) is 0. The summed E-state index contributed by atoms with van der Waals surface area (Å²) >= 11 is 0. The van der Waals surface area contributed by atoms with E-state index >= 15 is 0 Å². The maximum Gasteiger partial charge on any atom is 0.0779 e. The zero-order valence-corrected chi connectivity index (χ0v) is 9.33. The smallest absolute Gasteiger partial charge is 0.0779 e. The van der Waals surface area contributed by atoms with Gasteiger partial charge in [0.15, 0.2) is 0 Å². The van der Waals surface area contributed by atoms with Crippen LogP contribution in [0.15, 0.2) is 30.3 Å². The second-order valence-corrected chi connectivity index (χ2v) is 4.49. The van der Waals surface area contributed by atoms with Crippen molar-refractivity contribution in [3.8, 4) is 0 Å². The summed E-state index contributed by atoms with van der Waals surface area (Å²) in [5, 5.41) is 3.46. The normalized spacial score (nSPS) is 25.7. The van der Waals surface area contributed by atoms with Crippen LogP contribution in [-0.4, -0.2) is 18.8 Å². The molecule has 0 spiro atoms. The van der Waals surface area contributed by atoms with Gasteiger partial charge in [0.05, 0.1) is 5.60 Å². The molecule has 0 saturated carbocycles. The predicted molar refractivity (Wildman–Crippen MR) is 61.7 cm³/mol. The van der Waals surface area contributed by atoms with Gasteiger partial charge in [0.1, 0.15) is 0 Å². The van der Waals surface area contributed by atoms with Crippen LogP contribution in [0.25, 0.3) is 0 Å². The molecule has 1 aliphatic heterocycles. The molecule has 0 amide bonds. The second-order valence-electron chi connectivity index (χ2n) is 4.49. The molecule has 1 heterocycles. The number of hydrogen-bond acceptors (Lipinski definition) is 2. The Labute approximate surface area is 91.6 Å². The minimum absolute atomic E-state index is 0.0643. The van der Waals surface area contributed by atoms with E-state index in [4.69, 9.17) is 4.74 Å². The highest BCUT2D eigenvalue weighted by atomic mass is 16.5. The molecule has 15 heavy (non-hydrogen) atoms. The third kappa shape index (κ3) is 3.05. The Morgan fingerprint density at radius 1 is 1.33 bits per heavy atom. The Morgan fingerprint density at radius 3 is 2.80 bits per heavy atom. The monoisotopic (exact) mass is 205 g/mol. The molecule has 1 aliphatic rings. The molecule has 2 heteroatoms. The van der Waals surface area contributed by atoms with Gasteiger partial charge in [-0.05, 0) is 25.3 Å². The summed E-state index contributed by atoms with van der Waals surface area (Å²) < 4.78 is 5.72. The van der Waals surface area contributed by atoms with E-state index in [1.807, 2.05) is 6.07 Å². The van der Waals surface area contributed by atoms with E-state index in [9.17, 15) is 0 Å². The van der Waals surface area contributed by atoms with Crippen molar-refractivity contribution in [1.82, 2.24) is 5.32 Å². The van der Waals surface area contributed by atoms with Crippen LogP contribution in [0.4, 0.5) is 0 Å². The van der Waals surface area contributed by atoms with Gasteiger partial charge in [-0.25, -0.2) is 0 Å². The maximum absolute atomic E-state index is 5.72. The molecule has 1 aromatic carbocycles. The van der Waals surface area contributed by atoms with E-state index in [0.717, 1.165) is 19.7 Å². The molecule has 1 atom stereocenters. The van der Waals surface area contributed by atoms with E-state index in [2.05, 4.69) is 36.5 Å². The lowest BCUT2D eigenvalue weighted by Gasteiger charge is -2.23. The maximum atomic E-state index is 5.72. The Kier molecular flexibility index (Phi) is 3.39. The molecule has 1 unspecified atom stereocenters. The predicted octanol–water partition coefficient (Wildman–Crippen LogP) is 2.35. The molecule has 0 bridgehead atoms. The van der Waals surface area contributed by atoms with E-state index < -0.39 is 0 Å². The van der Waals surface area contributed by atoms with Gasteiger partial charge in [-0.3, -0.25) is 0 Å². The quantitative estimate of drug-likeness (QED) is 0.814. The molecule has 1 fully saturated rings. The van der Waals surface area contributed by atoms with E-state index in [1.54, 1.807) is 0 Å². The van der Waals surface area contributed by atoms with E-state index in [1.165, 1.54) is 18.4 Å². The number of benzene rings is 1. The van der Waals surface area contributed by atoms with Gasteiger partial charge in [-0.2, -0.15) is 0 Å². The first-order chi connectivity index (χ1) is 7.29. The van der Waals surface area contributed by atoms with Gasteiger partial charge in [0, 0.05) is 19.7 Å². The molecular weight excluding hydrogens is 186 g/mol. The average molecular weight is 205 g/mol. The second kappa shape index (κ2) is 4.77. The van der Waals surface area contributed by atoms with Gasteiger partial charge in [0.25, 0.3) is 0 Å². The van der Waals surface area contributed by atoms with Crippen molar-refractivity contribution in [3.63, 3.8) is 0 Å². The number of nitrogens with one attached hydrogen (secondary N) is 1. The Bertz CT molecular complexity index is 291. The van der Waals surface area contributed by atoms with Crippen LogP contribution in [0.5, 0.6) is 0 Å². The Hall–Kier alpha value is -0.860. The van der Waals surface area contributed by atoms with Crippen LogP contribution >= 0.6 is 0 Å². The van der Waals surface area contributed by atoms with Crippen molar-refractivity contribution in [3.05, 3.63) is 35.9 Å². The fourth-order valence-corrected chi connectivity index (χ4v) is 2.04. The van der Waals surface area contributed by atoms with Gasteiger partial charge in [0.2, 0.25) is 0 Å². The number of hydrogen-bond donors (Lipinski definition) is 1. The average Bonchev–Trinajstić information content (AvgIpc) is 2.67. The van der Waals surface area contributed by atoms with Crippen molar-refractivity contribution < 1.29 is 4.74 Å². The molecule has 82 valence electrons. The fourth-order valence-electron chi connectivity index (χ4n) is 2.04. The lowest BCUT2D eigenvalue weighted by molar-refractivity contribution is 0.0207. The Morgan fingerprint density at radius 2 is 2.13 bits per heavy atom. The highest BCUT2D eigenvalue weighted by Crippen LogP contribution is 2.23. The van der Waals surface area contributed by atoms with Crippen LogP contribution in [0.3, 0.4) is 0 Å². The van der Waals surface area contributed by atoms with Gasteiger partial charge in [-0.1, -0.05) is 30.3 Å². The highest BCUT2D eigenvalue weighted by molar-refractivity contribution is 5.14. The largest absolute Gasteiger partial charge is 0.374 e. The molecule has 1 aromatic rings. The summed E-state index contributed by atoms with van der Waals surface area (Å²) in [5.41, 5.74) is 1.40.